The Labute approximate surface area is 162 Å². The second-order valence-corrected chi connectivity index (χ2v) is 8.25. The van der Waals surface area contributed by atoms with E-state index >= 15 is 0 Å². The average Bonchev–Trinajstić information content (AvgIpc) is 3.11. The van der Waals surface area contributed by atoms with Crippen molar-refractivity contribution in [2.75, 3.05) is 6.79 Å². The molecule has 0 aliphatic carbocycles. The number of primary sulfonamides is 1. The van der Waals surface area contributed by atoms with E-state index in [-0.39, 0.29) is 17.5 Å². The van der Waals surface area contributed by atoms with E-state index in [1.165, 1.54) is 6.07 Å². The number of ether oxygens (including phenoxy) is 2. The summed E-state index contributed by atoms with van der Waals surface area (Å²) in [7, 11) is -3.95. The fourth-order valence-corrected chi connectivity index (χ4v) is 4.20. The topological polar surface area (TPSA) is 78.6 Å². The van der Waals surface area contributed by atoms with Gasteiger partial charge in [-0.3, -0.25) is 0 Å². The zero-order valence-corrected chi connectivity index (χ0v) is 16.1. The van der Waals surface area contributed by atoms with Crippen LogP contribution in [0.3, 0.4) is 0 Å². The van der Waals surface area contributed by atoms with E-state index in [0.29, 0.717) is 39.3 Å². The fourth-order valence-electron chi connectivity index (χ4n) is 3.44. The van der Waals surface area contributed by atoms with Gasteiger partial charge in [0.25, 0.3) is 0 Å². The van der Waals surface area contributed by atoms with Crippen molar-refractivity contribution in [1.82, 2.24) is 0 Å². The Morgan fingerprint density at radius 3 is 2.07 bits per heavy atom. The first kappa shape index (κ1) is 18.5. The van der Waals surface area contributed by atoms with Crippen molar-refractivity contribution in [3.8, 4) is 33.8 Å². The number of sulfonamides is 1. The highest BCUT2D eigenvalue weighted by Crippen LogP contribution is 2.44. The molecule has 2 N–H and O–H groups in total. The Hall–Kier alpha value is -2.90. The van der Waals surface area contributed by atoms with Gasteiger partial charge in [0.2, 0.25) is 16.8 Å². The molecular weight excluding hydrogens is 381 g/mol. The highest BCUT2D eigenvalue weighted by molar-refractivity contribution is 7.89. The number of hydrogen-bond donors (Lipinski definition) is 1. The van der Waals surface area contributed by atoms with Gasteiger partial charge in [0.1, 0.15) is 5.82 Å². The molecule has 0 aromatic heterocycles. The Balaban J connectivity index is 2.05. The molecule has 0 amide bonds. The van der Waals surface area contributed by atoms with Crippen LogP contribution in [0.2, 0.25) is 0 Å². The summed E-state index contributed by atoms with van der Waals surface area (Å²) in [6, 6.07) is 13.5. The maximum Gasteiger partial charge on any atom is 0.238 e. The van der Waals surface area contributed by atoms with E-state index in [2.05, 4.69) is 0 Å². The lowest BCUT2D eigenvalue weighted by atomic mass is 9.92. The van der Waals surface area contributed by atoms with E-state index < -0.39 is 10.0 Å². The fraction of sp³-hybridized carbons (Fsp3) is 0.143. The van der Waals surface area contributed by atoms with E-state index in [0.717, 1.165) is 5.56 Å². The van der Waals surface area contributed by atoms with Crippen LogP contribution in [0.25, 0.3) is 22.3 Å². The Morgan fingerprint density at radius 2 is 1.46 bits per heavy atom. The molecule has 1 heterocycles. The Morgan fingerprint density at radius 1 is 0.893 bits per heavy atom. The monoisotopic (exact) mass is 399 g/mol. The van der Waals surface area contributed by atoms with Crippen LogP contribution < -0.4 is 14.6 Å². The van der Waals surface area contributed by atoms with E-state index in [9.17, 15) is 12.8 Å². The van der Waals surface area contributed by atoms with Gasteiger partial charge in [-0.2, -0.15) is 0 Å². The summed E-state index contributed by atoms with van der Waals surface area (Å²) < 4.78 is 49.4. The predicted octanol–water partition coefficient (Wildman–Crippen LogP) is 4.15. The summed E-state index contributed by atoms with van der Waals surface area (Å²) in [5.41, 5.74) is 3.49. The van der Waals surface area contributed by atoms with Gasteiger partial charge >= 0.3 is 0 Å². The summed E-state index contributed by atoms with van der Waals surface area (Å²) in [5.74, 6) is 0.793. The summed E-state index contributed by atoms with van der Waals surface area (Å²) >= 11 is 0. The lowest BCUT2D eigenvalue weighted by molar-refractivity contribution is 0.174. The van der Waals surface area contributed by atoms with Crippen LogP contribution >= 0.6 is 0 Å². The predicted molar refractivity (Wildman–Crippen MR) is 104 cm³/mol. The summed E-state index contributed by atoms with van der Waals surface area (Å²) in [5, 5.41) is 5.43. The molecule has 3 aromatic carbocycles. The second-order valence-electron chi connectivity index (χ2n) is 6.72. The zero-order chi connectivity index (χ0) is 20.1. The number of fused-ring (bicyclic) bond motifs is 1. The number of halogens is 1. The summed E-state index contributed by atoms with van der Waals surface area (Å²) in [6.07, 6.45) is 0. The minimum absolute atomic E-state index is 0.00525. The number of benzene rings is 3. The number of hydrogen-bond acceptors (Lipinski definition) is 4. The van der Waals surface area contributed by atoms with Crippen LogP contribution in [0, 0.1) is 19.7 Å². The molecule has 0 saturated heterocycles. The highest BCUT2D eigenvalue weighted by Gasteiger charge is 2.23. The quantitative estimate of drug-likeness (QED) is 0.718. The van der Waals surface area contributed by atoms with Crippen LogP contribution in [0.1, 0.15) is 11.1 Å². The third-order valence-corrected chi connectivity index (χ3v) is 5.71. The van der Waals surface area contributed by atoms with Gasteiger partial charge in [0.15, 0.2) is 11.5 Å². The summed E-state index contributed by atoms with van der Waals surface area (Å²) in [4.78, 5) is 0.00525. The maximum absolute atomic E-state index is 14.1. The summed E-state index contributed by atoms with van der Waals surface area (Å²) in [6.45, 7) is 3.46. The van der Waals surface area contributed by atoms with Crippen LogP contribution in [0.5, 0.6) is 11.5 Å². The lowest BCUT2D eigenvalue weighted by Gasteiger charge is -2.16. The minimum atomic E-state index is -3.95. The standard InChI is InChI=1S/C21H18FNO4S/c1-12-7-14(8-13(2)21(12)22)16-9-18-19(27-11-26-18)10-17(16)15-5-3-4-6-20(15)28(23,24)25/h3-10H,11H2,1-2H3,(H2,23,24,25). The first-order chi connectivity index (χ1) is 13.3. The minimum Gasteiger partial charge on any atom is -0.454 e. The molecular formula is C21H18FNO4S. The lowest BCUT2D eigenvalue weighted by Crippen LogP contribution is -2.13. The molecule has 1 aliphatic rings. The second kappa shape index (κ2) is 6.61. The molecule has 5 nitrogen and oxygen atoms in total. The van der Waals surface area contributed by atoms with Gasteiger partial charge in [-0.05, 0) is 72.0 Å². The molecule has 0 saturated carbocycles. The zero-order valence-electron chi connectivity index (χ0n) is 15.3. The Bertz CT molecular complexity index is 1180. The van der Waals surface area contributed by atoms with E-state index in [4.69, 9.17) is 14.6 Å². The van der Waals surface area contributed by atoms with Crippen molar-refractivity contribution >= 4 is 10.0 Å². The van der Waals surface area contributed by atoms with E-state index in [1.807, 2.05) is 0 Å². The van der Waals surface area contributed by atoms with Gasteiger partial charge in [-0.1, -0.05) is 18.2 Å². The van der Waals surface area contributed by atoms with Crippen molar-refractivity contribution in [3.63, 3.8) is 0 Å². The highest BCUT2D eigenvalue weighted by atomic mass is 32.2. The molecule has 0 radical (unpaired) electrons. The van der Waals surface area contributed by atoms with Gasteiger partial charge in [-0.25, -0.2) is 17.9 Å². The molecule has 28 heavy (non-hydrogen) atoms. The smallest absolute Gasteiger partial charge is 0.238 e. The van der Waals surface area contributed by atoms with Crippen molar-refractivity contribution in [1.29, 1.82) is 0 Å². The Kier molecular flexibility index (Phi) is 4.36. The molecule has 4 rings (SSSR count). The number of rotatable bonds is 3. The number of aryl methyl sites for hydroxylation is 2. The van der Waals surface area contributed by atoms with Crippen molar-refractivity contribution < 1.29 is 22.3 Å². The van der Waals surface area contributed by atoms with Crippen LogP contribution in [0.15, 0.2) is 53.4 Å². The molecule has 7 heteroatoms. The van der Waals surface area contributed by atoms with Crippen molar-refractivity contribution in [3.05, 3.63) is 65.5 Å². The molecule has 0 atom stereocenters. The molecule has 0 unspecified atom stereocenters. The molecule has 0 fully saturated rings. The normalized spacial score (nSPS) is 13.0. The number of nitrogens with two attached hydrogens (primary N) is 1. The van der Waals surface area contributed by atoms with Gasteiger partial charge in [-0.15, -0.1) is 0 Å². The molecule has 0 bridgehead atoms. The molecule has 1 aliphatic heterocycles. The van der Waals surface area contributed by atoms with E-state index in [1.54, 1.807) is 56.3 Å². The third-order valence-electron chi connectivity index (χ3n) is 4.74. The van der Waals surface area contributed by atoms with Crippen molar-refractivity contribution in [2.45, 2.75) is 18.7 Å². The molecule has 144 valence electrons. The molecule has 0 spiro atoms. The SMILES string of the molecule is Cc1cc(-c2cc3c(cc2-c2ccccc2S(N)(=O)=O)OCO3)cc(C)c1F. The van der Waals surface area contributed by atoms with Crippen molar-refractivity contribution in [2.24, 2.45) is 5.14 Å². The van der Waals surface area contributed by atoms with Gasteiger partial charge in [0.05, 0.1) is 4.90 Å². The first-order valence-electron chi connectivity index (χ1n) is 8.58. The van der Waals surface area contributed by atoms with Crippen LogP contribution in [-0.2, 0) is 10.0 Å². The van der Waals surface area contributed by atoms with Crippen LogP contribution in [-0.4, -0.2) is 15.2 Å². The van der Waals surface area contributed by atoms with Gasteiger partial charge < -0.3 is 9.47 Å². The van der Waals surface area contributed by atoms with Gasteiger partial charge in [0, 0.05) is 5.56 Å². The first-order valence-corrected chi connectivity index (χ1v) is 10.1. The maximum atomic E-state index is 14.1. The molecule has 3 aromatic rings. The third kappa shape index (κ3) is 3.12. The van der Waals surface area contributed by atoms with Crippen LogP contribution in [0.4, 0.5) is 4.39 Å². The average molecular weight is 399 g/mol. The largest absolute Gasteiger partial charge is 0.454 e.